The molecule has 0 nitrogen and oxygen atoms in total. The van der Waals surface area contributed by atoms with Gasteiger partial charge in [-0.1, -0.05) is 58.9 Å². The van der Waals surface area contributed by atoms with Gasteiger partial charge < -0.3 is 0 Å². The van der Waals surface area contributed by atoms with Crippen molar-refractivity contribution in [2.45, 2.75) is 52.6 Å². The maximum Gasteiger partial charge on any atom is 0.396 e. The van der Waals surface area contributed by atoms with Crippen LogP contribution in [-0.2, 0) is 0 Å². The first-order chi connectivity index (χ1) is 8.03. The minimum Gasteiger partial charge on any atom is -0.170 e. The lowest BCUT2D eigenvalue weighted by molar-refractivity contribution is -0.171. The minimum absolute atomic E-state index is 0.332. The van der Waals surface area contributed by atoms with Crippen molar-refractivity contribution in [3.8, 4) is 0 Å². The van der Waals surface area contributed by atoms with E-state index in [0.717, 1.165) is 5.56 Å². The number of halogens is 3. The monoisotopic (exact) mass is 258 g/mol. The lowest BCUT2D eigenvalue weighted by Crippen LogP contribution is -2.32. The number of hydrogen-bond donors (Lipinski definition) is 0. The second-order valence-corrected chi connectivity index (χ2v) is 6.16. The van der Waals surface area contributed by atoms with Crippen LogP contribution in [0.1, 0.15) is 57.6 Å². The van der Waals surface area contributed by atoms with Crippen LogP contribution in [0.25, 0.3) is 0 Å². The van der Waals surface area contributed by atoms with E-state index in [-0.39, 0.29) is 0 Å². The summed E-state index contributed by atoms with van der Waals surface area (Å²) >= 11 is 0. The van der Waals surface area contributed by atoms with Crippen molar-refractivity contribution >= 4 is 0 Å². The molecule has 102 valence electrons. The number of alkyl halides is 3. The number of hydrogen-bond acceptors (Lipinski definition) is 0. The van der Waals surface area contributed by atoms with Crippen molar-refractivity contribution < 1.29 is 13.2 Å². The number of rotatable bonds is 2. The summed E-state index contributed by atoms with van der Waals surface area (Å²) in [4.78, 5) is 0. The van der Waals surface area contributed by atoms with Crippen LogP contribution in [0.15, 0.2) is 24.3 Å². The van der Waals surface area contributed by atoms with E-state index >= 15 is 0 Å². The Balaban J connectivity index is 3.16. The van der Waals surface area contributed by atoms with Gasteiger partial charge in [0, 0.05) is 0 Å². The molecule has 0 bridgehead atoms. The fraction of sp³-hybridized carbons (Fsp3) is 0.600. The summed E-state index contributed by atoms with van der Waals surface area (Å²) in [5, 5.41) is 0. The summed E-state index contributed by atoms with van der Waals surface area (Å²) in [5.74, 6) is -1.09. The van der Waals surface area contributed by atoms with Crippen molar-refractivity contribution in [2.24, 2.45) is 5.41 Å². The molecule has 3 heteroatoms. The summed E-state index contributed by atoms with van der Waals surface area (Å²) in [6.07, 6.45) is -4.21. The fourth-order valence-electron chi connectivity index (χ4n) is 2.25. The quantitative estimate of drug-likeness (QED) is 0.657. The van der Waals surface area contributed by atoms with Gasteiger partial charge in [0.2, 0.25) is 0 Å². The normalized spacial score (nSPS) is 14.9. The van der Waals surface area contributed by atoms with Crippen LogP contribution in [0.5, 0.6) is 0 Å². The largest absolute Gasteiger partial charge is 0.396 e. The second-order valence-electron chi connectivity index (χ2n) is 6.16. The Hall–Kier alpha value is -0.990. The summed E-state index contributed by atoms with van der Waals surface area (Å²) in [7, 11) is 0. The van der Waals surface area contributed by atoms with Gasteiger partial charge in [-0.15, -0.1) is 0 Å². The lowest BCUT2D eigenvalue weighted by Gasteiger charge is -2.33. The highest BCUT2D eigenvalue weighted by Crippen LogP contribution is 2.46. The zero-order valence-electron chi connectivity index (χ0n) is 11.6. The highest BCUT2D eigenvalue weighted by atomic mass is 19.4. The van der Waals surface area contributed by atoms with Gasteiger partial charge in [0.1, 0.15) is 0 Å². The third kappa shape index (κ3) is 3.50. The molecule has 0 spiro atoms. The summed E-state index contributed by atoms with van der Waals surface area (Å²) in [6.45, 7) is 8.94. The Morgan fingerprint density at radius 1 is 0.833 bits per heavy atom. The average molecular weight is 258 g/mol. The van der Waals surface area contributed by atoms with Crippen molar-refractivity contribution in [3.63, 3.8) is 0 Å². The predicted molar refractivity (Wildman–Crippen MR) is 68.8 cm³/mol. The van der Waals surface area contributed by atoms with Gasteiger partial charge in [0.25, 0.3) is 0 Å². The van der Waals surface area contributed by atoms with E-state index in [1.807, 2.05) is 13.8 Å². The highest BCUT2D eigenvalue weighted by molar-refractivity contribution is 5.29. The highest BCUT2D eigenvalue weighted by Gasteiger charge is 2.47. The molecule has 0 aliphatic carbocycles. The molecule has 0 amide bonds. The van der Waals surface area contributed by atoms with Gasteiger partial charge >= 0.3 is 6.18 Å². The second kappa shape index (κ2) is 4.94. The first-order valence-electron chi connectivity index (χ1n) is 6.20. The Morgan fingerprint density at radius 2 is 1.22 bits per heavy atom. The van der Waals surface area contributed by atoms with Crippen LogP contribution < -0.4 is 0 Å². The molecule has 18 heavy (non-hydrogen) atoms. The van der Waals surface area contributed by atoms with E-state index in [1.165, 1.54) is 0 Å². The molecule has 1 rings (SSSR count). The van der Waals surface area contributed by atoms with E-state index < -0.39 is 17.5 Å². The summed E-state index contributed by atoms with van der Waals surface area (Å²) < 4.78 is 39.5. The van der Waals surface area contributed by atoms with Crippen LogP contribution >= 0.6 is 0 Å². The Bertz CT molecular complexity index is 366. The standard InChI is InChI=1S/C15H21F3/c1-10(2)11-6-8-12(9-7-11)13(14(3,4)5)15(16,17)18/h6-10,13H,1-5H3. The van der Waals surface area contributed by atoms with Crippen molar-refractivity contribution in [1.82, 2.24) is 0 Å². The van der Waals surface area contributed by atoms with E-state index in [0.29, 0.717) is 11.5 Å². The molecule has 1 aromatic carbocycles. The van der Waals surface area contributed by atoms with Crippen LogP contribution in [0.4, 0.5) is 13.2 Å². The van der Waals surface area contributed by atoms with E-state index in [9.17, 15) is 13.2 Å². The van der Waals surface area contributed by atoms with E-state index in [4.69, 9.17) is 0 Å². The Morgan fingerprint density at radius 3 is 1.50 bits per heavy atom. The first kappa shape index (κ1) is 15.1. The van der Waals surface area contributed by atoms with Gasteiger partial charge in [-0.05, 0) is 22.5 Å². The molecule has 1 unspecified atom stereocenters. The maximum absolute atomic E-state index is 13.2. The summed E-state index contributed by atoms with van der Waals surface area (Å²) in [6, 6.07) is 6.81. The fourth-order valence-corrected chi connectivity index (χ4v) is 2.25. The van der Waals surface area contributed by atoms with Gasteiger partial charge in [0.05, 0.1) is 5.92 Å². The topological polar surface area (TPSA) is 0 Å². The van der Waals surface area contributed by atoms with Crippen molar-refractivity contribution in [1.29, 1.82) is 0 Å². The SMILES string of the molecule is CC(C)c1ccc(C(C(C)(C)C)C(F)(F)F)cc1. The molecule has 0 aliphatic rings. The lowest BCUT2D eigenvalue weighted by atomic mass is 9.75. The van der Waals surface area contributed by atoms with Crippen LogP contribution in [0.2, 0.25) is 0 Å². The molecule has 0 saturated heterocycles. The molecular weight excluding hydrogens is 237 g/mol. The van der Waals surface area contributed by atoms with E-state index in [1.54, 1.807) is 45.0 Å². The van der Waals surface area contributed by atoms with Gasteiger partial charge in [-0.3, -0.25) is 0 Å². The molecule has 0 radical (unpaired) electrons. The molecule has 1 aromatic rings. The molecule has 0 saturated carbocycles. The van der Waals surface area contributed by atoms with Crippen molar-refractivity contribution in [3.05, 3.63) is 35.4 Å². The average Bonchev–Trinajstić information content (AvgIpc) is 2.13. The predicted octanol–water partition coefficient (Wildman–Crippen LogP) is 5.50. The molecule has 0 fully saturated rings. The van der Waals surface area contributed by atoms with E-state index in [2.05, 4.69) is 0 Å². The van der Waals surface area contributed by atoms with Crippen LogP contribution in [0.3, 0.4) is 0 Å². The van der Waals surface area contributed by atoms with Crippen LogP contribution in [0, 0.1) is 5.41 Å². The molecule has 1 atom stereocenters. The molecule has 0 aliphatic heterocycles. The molecule has 0 aromatic heterocycles. The molecule has 0 heterocycles. The number of benzene rings is 1. The maximum atomic E-state index is 13.2. The smallest absolute Gasteiger partial charge is 0.170 e. The van der Waals surface area contributed by atoms with Gasteiger partial charge in [0.15, 0.2) is 0 Å². The zero-order chi connectivity index (χ0) is 14.1. The zero-order valence-corrected chi connectivity index (χ0v) is 11.6. The third-order valence-electron chi connectivity index (χ3n) is 3.13. The third-order valence-corrected chi connectivity index (χ3v) is 3.13. The molecule has 0 N–H and O–H groups in total. The molecular formula is C15H21F3. The Labute approximate surface area is 107 Å². The first-order valence-corrected chi connectivity index (χ1v) is 6.20. The van der Waals surface area contributed by atoms with Gasteiger partial charge in [-0.25, -0.2) is 0 Å². The minimum atomic E-state index is -4.21. The van der Waals surface area contributed by atoms with Gasteiger partial charge in [-0.2, -0.15) is 13.2 Å². The Kier molecular flexibility index (Phi) is 4.14. The van der Waals surface area contributed by atoms with Crippen molar-refractivity contribution in [2.75, 3.05) is 0 Å². The van der Waals surface area contributed by atoms with Crippen LogP contribution in [-0.4, -0.2) is 6.18 Å². The summed E-state index contributed by atoms with van der Waals surface area (Å²) in [5.41, 5.74) is 0.574.